The molecule has 3 nitrogen and oxygen atoms in total. The largest absolute Gasteiger partial charge is 0.455 e. The van der Waals surface area contributed by atoms with Crippen molar-refractivity contribution in [3.05, 3.63) is 0 Å². The van der Waals surface area contributed by atoms with Gasteiger partial charge in [-0.05, 0) is 34.6 Å². The van der Waals surface area contributed by atoms with Crippen LogP contribution >= 0.6 is 0 Å². The molecule has 0 spiro atoms. The van der Waals surface area contributed by atoms with Crippen LogP contribution in [0.2, 0.25) is 0 Å². The van der Waals surface area contributed by atoms with Gasteiger partial charge in [0.1, 0.15) is 11.2 Å². The van der Waals surface area contributed by atoms with Gasteiger partial charge in [-0.2, -0.15) is 8.78 Å². The number of esters is 1. The SMILES string of the molecule is CC(C)(C)OC(=O)C(F)(F)C(C)(C)O. The van der Waals surface area contributed by atoms with E-state index in [9.17, 15) is 13.6 Å². The quantitative estimate of drug-likeness (QED) is 0.706. The van der Waals surface area contributed by atoms with Crippen molar-refractivity contribution in [3.8, 4) is 0 Å². The van der Waals surface area contributed by atoms with Crippen molar-refractivity contribution in [2.24, 2.45) is 0 Å². The predicted octanol–water partition coefficient (Wildman–Crippen LogP) is 1.73. The molecule has 0 atom stereocenters. The molecule has 1 N–H and O–H groups in total. The smallest absolute Gasteiger partial charge is 0.380 e. The van der Waals surface area contributed by atoms with E-state index in [4.69, 9.17) is 5.11 Å². The summed E-state index contributed by atoms with van der Waals surface area (Å²) >= 11 is 0. The second-order valence-corrected chi connectivity index (χ2v) is 4.64. The van der Waals surface area contributed by atoms with Crippen LogP contribution in [0.25, 0.3) is 0 Å². The lowest BCUT2D eigenvalue weighted by atomic mass is 10.0. The summed E-state index contributed by atoms with van der Waals surface area (Å²) in [5, 5.41) is 9.06. The topological polar surface area (TPSA) is 46.5 Å². The van der Waals surface area contributed by atoms with Crippen molar-refractivity contribution in [3.63, 3.8) is 0 Å². The number of hydrogen-bond donors (Lipinski definition) is 1. The zero-order valence-electron chi connectivity index (χ0n) is 9.02. The van der Waals surface area contributed by atoms with Crippen molar-refractivity contribution in [1.82, 2.24) is 0 Å². The van der Waals surface area contributed by atoms with Crippen molar-refractivity contribution >= 4 is 5.97 Å². The first kappa shape index (κ1) is 13.3. The Morgan fingerprint density at radius 2 is 1.50 bits per heavy atom. The summed E-state index contributed by atoms with van der Waals surface area (Å²) in [5.74, 6) is -5.61. The van der Waals surface area contributed by atoms with Gasteiger partial charge in [-0.25, -0.2) is 4.79 Å². The molecule has 0 aliphatic carbocycles. The Morgan fingerprint density at radius 1 is 1.14 bits per heavy atom. The van der Waals surface area contributed by atoms with Gasteiger partial charge in [-0.15, -0.1) is 0 Å². The first-order chi connectivity index (χ1) is 5.88. The molecule has 0 aliphatic heterocycles. The Hall–Kier alpha value is -0.710. The van der Waals surface area contributed by atoms with Gasteiger partial charge in [-0.1, -0.05) is 0 Å². The minimum absolute atomic E-state index is 0.858. The van der Waals surface area contributed by atoms with Crippen LogP contribution in [-0.4, -0.2) is 28.2 Å². The normalized spacial score (nSPS) is 14.0. The summed E-state index contributed by atoms with van der Waals surface area (Å²) in [4.78, 5) is 11.0. The third-order valence-corrected chi connectivity index (χ3v) is 1.42. The van der Waals surface area contributed by atoms with Gasteiger partial charge in [-0.3, -0.25) is 0 Å². The standard InChI is InChI=1S/C9H16F2O3/c1-7(2,3)14-6(12)9(10,11)8(4,5)13/h13H,1-5H3. The monoisotopic (exact) mass is 210 g/mol. The van der Waals surface area contributed by atoms with Crippen LogP contribution in [0.5, 0.6) is 0 Å². The second kappa shape index (κ2) is 3.46. The van der Waals surface area contributed by atoms with Crippen LogP contribution in [0.3, 0.4) is 0 Å². The molecule has 0 amide bonds. The summed E-state index contributed by atoms with van der Waals surface area (Å²) < 4.78 is 30.7. The Bertz CT molecular complexity index is 223. The van der Waals surface area contributed by atoms with Crippen molar-refractivity contribution in [2.45, 2.75) is 51.7 Å². The number of carbonyl (C=O) groups is 1. The van der Waals surface area contributed by atoms with E-state index >= 15 is 0 Å². The molecule has 0 aromatic heterocycles. The van der Waals surface area contributed by atoms with Crippen LogP contribution < -0.4 is 0 Å². The fraction of sp³-hybridized carbons (Fsp3) is 0.889. The number of aliphatic hydroxyl groups is 1. The molecule has 0 rings (SSSR count). The van der Waals surface area contributed by atoms with Gasteiger partial charge >= 0.3 is 11.9 Å². The molecule has 0 bridgehead atoms. The van der Waals surface area contributed by atoms with Gasteiger partial charge < -0.3 is 9.84 Å². The lowest BCUT2D eigenvalue weighted by molar-refractivity contribution is -0.214. The lowest BCUT2D eigenvalue weighted by Gasteiger charge is -2.30. The molecule has 0 radical (unpaired) electrons. The number of halogens is 2. The molecule has 0 heterocycles. The van der Waals surface area contributed by atoms with E-state index in [0.29, 0.717) is 0 Å². The molecular formula is C9H16F2O3. The van der Waals surface area contributed by atoms with E-state index in [2.05, 4.69) is 4.74 Å². The van der Waals surface area contributed by atoms with Crippen molar-refractivity contribution in [1.29, 1.82) is 0 Å². The average molecular weight is 210 g/mol. The molecule has 0 saturated heterocycles. The van der Waals surface area contributed by atoms with Gasteiger partial charge in [0, 0.05) is 0 Å². The summed E-state index contributed by atoms with van der Waals surface area (Å²) in [5.41, 5.74) is -3.42. The molecule has 0 fully saturated rings. The number of carbonyl (C=O) groups excluding carboxylic acids is 1. The highest BCUT2D eigenvalue weighted by Gasteiger charge is 2.54. The summed E-state index contributed by atoms with van der Waals surface area (Å²) in [6.45, 7) is 6.15. The van der Waals surface area contributed by atoms with Crippen molar-refractivity contribution in [2.75, 3.05) is 0 Å². The molecular weight excluding hydrogens is 194 g/mol. The van der Waals surface area contributed by atoms with Gasteiger partial charge in [0.15, 0.2) is 0 Å². The molecule has 0 aromatic rings. The molecule has 5 heteroatoms. The fourth-order valence-corrected chi connectivity index (χ4v) is 0.592. The highest BCUT2D eigenvalue weighted by Crippen LogP contribution is 2.30. The second-order valence-electron chi connectivity index (χ2n) is 4.64. The van der Waals surface area contributed by atoms with E-state index in [0.717, 1.165) is 13.8 Å². The Morgan fingerprint density at radius 3 is 1.71 bits per heavy atom. The third kappa shape index (κ3) is 3.21. The van der Waals surface area contributed by atoms with E-state index in [-0.39, 0.29) is 0 Å². The number of hydrogen-bond acceptors (Lipinski definition) is 3. The van der Waals surface area contributed by atoms with E-state index in [1.54, 1.807) is 0 Å². The Labute approximate surface area is 82.1 Å². The molecule has 84 valence electrons. The molecule has 0 unspecified atom stereocenters. The lowest BCUT2D eigenvalue weighted by Crippen LogP contribution is -2.51. The molecule has 0 aromatic carbocycles. The maximum atomic E-state index is 13.1. The first-order valence-electron chi connectivity index (χ1n) is 4.21. The predicted molar refractivity (Wildman–Crippen MR) is 47.1 cm³/mol. The van der Waals surface area contributed by atoms with Gasteiger partial charge in [0.25, 0.3) is 0 Å². The maximum Gasteiger partial charge on any atom is 0.380 e. The molecule has 0 saturated carbocycles. The minimum atomic E-state index is -3.90. The molecule has 0 aliphatic rings. The average Bonchev–Trinajstić information content (AvgIpc) is 1.80. The Balaban J connectivity index is 4.70. The van der Waals surface area contributed by atoms with Crippen molar-refractivity contribution < 1.29 is 23.4 Å². The minimum Gasteiger partial charge on any atom is -0.455 e. The van der Waals surface area contributed by atoms with E-state index in [1.165, 1.54) is 20.8 Å². The van der Waals surface area contributed by atoms with E-state index < -0.39 is 23.1 Å². The number of alkyl halides is 2. The van der Waals surface area contributed by atoms with Crippen LogP contribution in [0.4, 0.5) is 8.78 Å². The number of ether oxygens (including phenoxy) is 1. The fourth-order valence-electron chi connectivity index (χ4n) is 0.592. The number of rotatable bonds is 2. The highest BCUT2D eigenvalue weighted by atomic mass is 19.3. The molecule has 14 heavy (non-hydrogen) atoms. The van der Waals surface area contributed by atoms with Gasteiger partial charge in [0.05, 0.1) is 0 Å². The van der Waals surface area contributed by atoms with Crippen LogP contribution in [-0.2, 0) is 9.53 Å². The zero-order chi connectivity index (χ0) is 11.8. The van der Waals surface area contributed by atoms with E-state index in [1.807, 2.05) is 0 Å². The van der Waals surface area contributed by atoms with Crippen LogP contribution in [0.1, 0.15) is 34.6 Å². The van der Waals surface area contributed by atoms with Crippen LogP contribution in [0, 0.1) is 0 Å². The summed E-state index contributed by atoms with van der Waals surface area (Å²) in [6.07, 6.45) is 0. The van der Waals surface area contributed by atoms with Gasteiger partial charge in [0.2, 0.25) is 0 Å². The summed E-state index contributed by atoms with van der Waals surface area (Å²) in [7, 11) is 0. The summed E-state index contributed by atoms with van der Waals surface area (Å²) in [6, 6.07) is 0. The Kier molecular flexibility index (Phi) is 3.28. The zero-order valence-corrected chi connectivity index (χ0v) is 9.02. The third-order valence-electron chi connectivity index (χ3n) is 1.42. The first-order valence-corrected chi connectivity index (χ1v) is 4.21. The van der Waals surface area contributed by atoms with Crippen LogP contribution in [0.15, 0.2) is 0 Å². The maximum absolute atomic E-state index is 13.1. The highest BCUT2D eigenvalue weighted by molar-refractivity contribution is 5.79.